The van der Waals surface area contributed by atoms with Gasteiger partial charge in [-0.3, -0.25) is 4.98 Å². The first-order valence-electron chi connectivity index (χ1n) is 7.50. The number of benzene rings is 1. The summed E-state index contributed by atoms with van der Waals surface area (Å²) in [6.07, 6.45) is 1.76. The molecule has 24 heavy (non-hydrogen) atoms. The van der Waals surface area contributed by atoms with Gasteiger partial charge >= 0.3 is 0 Å². The Balaban J connectivity index is 1.78. The van der Waals surface area contributed by atoms with Crippen molar-refractivity contribution in [1.82, 2.24) is 15.0 Å². The van der Waals surface area contributed by atoms with Crippen LogP contribution >= 0.6 is 0 Å². The molecule has 0 bridgehead atoms. The van der Waals surface area contributed by atoms with E-state index in [0.29, 0.717) is 35.3 Å². The molecule has 0 radical (unpaired) electrons. The van der Waals surface area contributed by atoms with Crippen molar-refractivity contribution in [2.45, 2.75) is 13.5 Å². The van der Waals surface area contributed by atoms with Gasteiger partial charge in [-0.2, -0.15) is 5.26 Å². The van der Waals surface area contributed by atoms with Crippen molar-refractivity contribution < 1.29 is 0 Å². The second kappa shape index (κ2) is 7.20. The number of rotatable bonds is 5. The molecule has 0 aliphatic rings. The van der Waals surface area contributed by atoms with Crippen molar-refractivity contribution in [1.29, 1.82) is 5.26 Å². The van der Waals surface area contributed by atoms with Crippen LogP contribution in [0.4, 0.5) is 17.3 Å². The van der Waals surface area contributed by atoms with E-state index in [0.717, 1.165) is 5.69 Å². The predicted octanol–water partition coefficient (Wildman–Crippen LogP) is 3.41. The second-order valence-corrected chi connectivity index (χ2v) is 5.14. The molecule has 3 rings (SSSR count). The van der Waals surface area contributed by atoms with Crippen molar-refractivity contribution in [3.05, 3.63) is 71.8 Å². The Morgan fingerprint density at radius 3 is 2.62 bits per heavy atom. The predicted molar refractivity (Wildman–Crippen MR) is 92.8 cm³/mol. The third-order valence-corrected chi connectivity index (χ3v) is 3.32. The van der Waals surface area contributed by atoms with Crippen molar-refractivity contribution in [2.24, 2.45) is 0 Å². The molecular formula is C18H16N6. The Kier molecular flexibility index (Phi) is 4.63. The fourth-order valence-electron chi connectivity index (χ4n) is 2.23. The van der Waals surface area contributed by atoms with Crippen molar-refractivity contribution >= 4 is 17.3 Å². The summed E-state index contributed by atoms with van der Waals surface area (Å²) in [5.41, 5.74) is 2.21. The molecule has 6 heteroatoms. The van der Waals surface area contributed by atoms with Gasteiger partial charge in [0.2, 0.25) is 0 Å². The quantitative estimate of drug-likeness (QED) is 0.750. The molecule has 0 spiro atoms. The lowest BCUT2D eigenvalue weighted by Gasteiger charge is -2.11. The molecule has 0 fully saturated rings. The summed E-state index contributed by atoms with van der Waals surface area (Å²) in [6.45, 7) is 2.40. The van der Waals surface area contributed by atoms with Gasteiger partial charge < -0.3 is 10.6 Å². The van der Waals surface area contributed by atoms with Gasteiger partial charge in [-0.25, -0.2) is 9.97 Å². The van der Waals surface area contributed by atoms with Gasteiger partial charge in [0.15, 0.2) is 0 Å². The number of para-hydroxylation sites is 1. The van der Waals surface area contributed by atoms with Crippen LogP contribution in [0.5, 0.6) is 0 Å². The number of hydrogen-bond acceptors (Lipinski definition) is 6. The summed E-state index contributed by atoms with van der Waals surface area (Å²) in [5.74, 6) is 1.97. The van der Waals surface area contributed by atoms with E-state index in [1.165, 1.54) is 0 Å². The first kappa shape index (κ1) is 15.4. The molecule has 0 saturated carbocycles. The normalized spacial score (nSPS) is 10.0. The number of nitrogens with zero attached hydrogens (tertiary/aromatic N) is 4. The molecule has 6 nitrogen and oxygen atoms in total. The number of pyridine rings is 1. The van der Waals surface area contributed by atoms with Crippen molar-refractivity contribution in [3.63, 3.8) is 0 Å². The summed E-state index contributed by atoms with van der Waals surface area (Å²) in [6, 6.07) is 17.1. The lowest BCUT2D eigenvalue weighted by Crippen LogP contribution is -2.06. The van der Waals surface area contributed by atoms with E-state index in [4.69, 9.17) is 0 Å². The minimum atomic E-state index is 0.566. The molecule has 118 valence electrons. The van der Waals surface area contributed by atoms with Gasteiger partial charge in [0.05, 0.1) is 23.5 Å². The van der Waals surface area contributed by atoms with Gasteiger partial charge in [-0.05, 0) is 31.2 Å². The highest BCUT2D eigenvalue weighted by atomic mass is 15.1. The number of aromatic nitrogens is 3. The SMILES string of the molecule is Cc1nc(NCc2ccccn2)cc(Nc2ccccc2C#N)n1. The molecule has 2 aromatic heterocycles. The van der Waals surface area contributed by atoms with E-state index >= 15 is 0 Å². The Morgan fingerprint density at radius 2 is 1.83 bits per heavy atom. The molecule has 0 aliphatic heterocycles. The van der Waals surface area contributed by atoms with Crippen molar-refractivity contribution in [2.75, 3.05) is 10.6 Å². The Bertz CT molecular complexity index is 870. The maximum atomic E-state index is 9.17. The summed E-state index contributed by atoms with van der Waals surface area (Å²) in [4.78, 5) is 13.0. The van der Waals surface area contributed by atoms with Crippen LogP contribution in [0.2, 0.25) is 0 Å². The maximum absolute atomic E-state index is 9.17. The topological polar surface area (TPSA) is 86.5 Å². The van der Waals surface area contributed by atoms with Crippen LogP contribution in [-0.4, -0.2) is 15.0 Å². The maximum Gasteiger partial charge on any atom is 0.136 e. The summed E-state index contributed by atoms with van der Waals surface area (Å²) in [7, 11) is 0. The van der Waals surface area contributed by atoms with Gasteiger partial charge in [0, 0.05) is 12.3 Å². The van der Waals surface area contributed by atoms with E-state index in [-0.39, 0.29) is 0 Å². The molecule has 3 aromatic rings. The van der Waals surface area contributed by atoms with E-state index < -0.39 is 0 Å². The van der Waals surface area contributed by atoms with Gasteiger partial charge in [0.25, 0.3) is 0 Å². The summed E-state index contributed by atoms with van der Waals surface area (Å²) >= 11 is 0. The smallest absolute Gasteiger partial charge is 0.136 e. The molecule has 0 aliphatic carbocycles. The Labute approximate surface area is 140 Å². The van der Waals surface area contributed by atoms with Crippen LogP contribution in [0.1, 0.15) is 17.1 Å². The third-order valence-electron chi connectivity index (χ3n) is 3.32. The average Bonchev–Trinajstić information content (AvgIpc) is 2.61. The number of aryl methyl sites for hydroxylation is 1. The number of nitrogens with one attached hydrogen (secondary N) is 2. The van der Waals surface area contributed by atoms with E-state index in [1.807, 2.05) is 49.4 Å². The third kappa shape index (κ3) is 3.84. The largest absolute Gasteiger partial charge is 0.364 e. The zero-order valence-corrected chi connectivity index (χ0v) is 13.2. The fraction of sp³-hybridized carbons (Fsp3) is 0.111. The zero-order valence-electron chi connectivity index (χ0n) is 13.2. The Hall–Kier alpha value is -3.46. The summed E-state index contributed by atoms with van der Waals surface area (Å²) in [5, 5.41) is 15.6. The minimum absolute atomic E-state index is 0.566. The monoisotopic (exact) mass is 316 g/mol. The Morgan fingerprint density at radius 1 is 1.04 bits per heavy atom. The van der Waals surface area contributed by atoms with E-state index in [2.05, 4.69) is 31.7 Å². The molecule has 2 N–H and O–H groups in total. The van der Waals surface area contributed by atoms with Crippen LogP contribution < -0.4 is 10.6 Å². The second-order valence-electron chi connectivity index (χ2n) is 5.14. The van der Waals surface area contributed by atoms with Crippen molar-refractivity contribution in [3.8, 4) is 6.07 Å². The van der Waals surface area contributed by atoms with Crippen LogP contribution in [0.25, 0.3) is 0 Å². The van der Waals surface area contributed by atoms with Crippen LogP contribution in [-0.2, 0) is 6.54 Å². The van der Waals surface area contributed by atoms with Crippen LogP contribution in [0.15, 0.2) is 54.7 Å². The minimum Gasteiger partial charge on any atom is -0.364 e. The molecule has 1 aromatic carbocycles. The highest BCUT2D eigenvalue weighted by Gasteiger charge is 2.05. The van der Waals surface area contributed by atoms with Gasteiger partial charge in [-0.15, -0.1) is 0 Å². The molecule has 0 saturated heterocycles. The van der Waals surface area contributed by atoms with E-state index in [1.54, 1.807) is 12.3 Å². The standard InChI is InChI=1S/C18H16N6/c1-13-22-17(21-12-15-7-4-5-9-20-15)10-18(23-13)24-16-8-3-2-6-14(16)11-19/h2-10H,12H2,1H3,(H2,21,22,23,24). The van der Waals surface area contributed by atoms with Crippen LogP contribution in [0, 0.1) is 18.3 Å². The molecule has 0 unspecified atom stereocenters. The van der Waals surface area contributed by atoms with Gasteiger partial charge in [-0.1, -0.05) is 18.2 Å². The average molecular weight is 316 g/mol. The molecule has 0 atom stereocenters. The number of anilines is 3. The molecule has 2 heterocycles. The molecule has 0 amide bonds. The highest BCUT2D eigenvalue weighted by molar-refractivity contribution is 5.65. The first-order chi connectivity index (χ1) is 11.7. The fourth-order valence-corrected chi connectivity index (χ4v) is 2.23. The lowest BCUT2D eigenvalue weighted by atomic mass is 10.2. The highest BCUT2D eigenvalue weighted by Crippen LogP contribution is 2.20. The van der Waals surface area contributed by atoms with Crippen LogP contribution in [0.3, 0.4) is 0 Å². The number of hydrogen-bond donors (Lipinski definition) is 2. The summed E-state index contributed by atoms with van der Waals surface area (Å²) < 4.78 is 0. The first-order valence-corrected chi connectivity index (χ1v) is 7.50. The lowest BCUT2D eigenvalue weighted by molar-refractivity contribution is 0.996. The van der Waals surface area contributed by atoms with Gasteiger partial charge in [0.1, 0.15) is 23.5 Å². The zero-order chi connectivity index (χ0) is 16.8. The van der Waals surface area contributed by atoms with E-state index in [9.17, 15) is 5.26 Å². The molecular weight excluding hydrogens is 300 g/mol. The number of nitriles is 1.